The average Bonchev–Trinajstić information content (AvgIpc) is 2.53. The van der Waals surface area contributed by atoms with Gasteiger partial charge in [0.15, 0.2) is 0 Å². The summed E-state index contributed by atoms with van der Waals surface area (Å²) in [6.07, 6.45) is 0.818. The quantitative estimate of drug-likeness (QED) is 0.669. The van der Waals surface area contributed by atoms with Crippen LogP contribution in [0.25, 0.3) is 0 Å². The molecule has 1 heterocycles. The molecule has 3 N–H and O–H groups in total. The van der Waals surface area contributed by atoms with Gasteiger partial charge in [-0.05, 0) is 31.2 Å². The van der Waals surface area contributed by atoms with Crippen molar-refractivity contribution >= 4 is 29.9 Å². The van der Waals surface area contributed by atoms with E-state index in [1.807, 2.05) is 0 Å². The summed E-state index contributed by atoms with van der Waals surface area (Å²) in [6.45, 7) is 6.78. The van der Waals surface area contributed by atoms with Gasteiger partial charge in [-0.2, -0.15) is 0 Å². The molecular weight excluding hydrogens is 335 g/mol. The molecule has 0 aromatic heterocycles. The summed E-state index contributed by atoms with van der Waals surface area (Å²) in [5, 5.41) is 8.55. The summed E-state index contributed by atoms with van der Waals surface area (Å²) in [4.78, 5) is 25.4. The summed E-state index contributed by atoms with van der Waals surface area (Å²) >= 11 is 0. The highest BCUT2D eigenvalue weighted by molar-refractivity contribution is 5.97. The van der Waals surface area contributed by atoms with Crippen LogP contribution in [0.2, 0.25) is 0 Å². The summed E-state index contributed by atoms with van der Waals surface area (Å²) in [5.41, 5.74) is 0.350. The lowest BCUT2D eigenvalue weighted by atomic mass is 10.1. The standard InChI is InChI=1S/C16H23FN4O2.ClH/c1-12(22)20-13-3-4-15(17)14(11-13)16(23)19-5-2-8-21-9-6-18-7-10-21;/h3-4,11,18H,2,5-10H2,1H3,(H,19,23)(H,20,22);1H. The first-order chi connectivity index (χ1) is 11.1. The number of hydrogen-bond donors (Lipinski definition) is 3. The first kappa shape index (κ1) is 20.3. The molecular formula is C16H24ClFN4O2. The maximum atomic E-state index is 13.8. The molecule has 0 radical (unpaired) electrons. The Hall–Kier alpha value is -1.70. The van der Waals surface area contributed by atoms with E-state index in [1.54, 1.807) is 0 Å². The van der Waals surface area contributed by atoms with Crippen LogP contribution < -0.4 is 16.0 Å². The zero-order valence-electron chi connectivity index (χ0n) is 13.7. The Balaban J connectivity index is 0.00000288. The van der Waals surface area contributed by atoms with Gasteiger partial charge in [0.2, 0.25) is 5.91 Å². The molecule has 1 aromatic carbocycles. The van der Waals surface area contributed by atoms with E-state index in [0.29, 0.717) is 12.2 Å². The Kier molecular flexibility index (Phi) is 8.67. The van der Waals surface area contributed by atoms with Gasteiger partial charge in [-0.1, -0.05) is 0 Å². The van der Waals surface area contributed by atoms with Crippen molar-refractivity contribution in [3.05, 3.63) is 29.6 Å². The number of nitrogens with one attached hydrogen (secondary N) is 3. The van der Waals surface area contributed by atoms with Crippen LogP contribution in [0.15, 0.2) is 18.2 Å². The fourth-order valence-corrected chi connectivity index (χ4v) is 2.51. The van der Waals surface area contributed by atoms with E-state index in [-0.39, 0.29) is 23.9 Å². The number of rotatable bonds is 6. The lowest BCUT2D eigenvalue weighted by Crippen LogP contribution is -2.44. The number of anilines is 1. The van der Waals surface area contributed by atoms with Crippen LogP contribution in [0.5, 0.6) is 0 Å². The van der Waals surface area contributed by atoms with Gasteiger partial charge >= 0.3 is 0 Å². The van der Waals surface area contributed by atoms with Gasteiger partial charge < -0.3 is 20.9 Å². The second kappa shape index (κ2) is 10.2. The summed E-state index contributed by atoms with van der Waals surface area (Å²) in [7, 11) is 0. The van der Waals surface area contributed by atoms with Crippen LogP contribution in [-0.4, -0.2) is 56.0 Å². The van der Waals surface area contributed by atoms with Gasteiger partial charge in [-0.3, -0.25) is 9.59 Å². The van der Waals surface area contributed by atoms with E-state index < -0.39 is 11.7 Å². The Morgan fingerprint density at radius 3 is 2.67 bits per heavy atom. The van der Waals surface area contributed by atoms with Gasteiger partial charge in [-0.15, -0.1) is 12.4 Å². The van der Waals surface area contributed by atoms with E-state index >= 15 is 0 Å². The van der Waals surface area contributed by atoms with Crippen molar-refractivity contribution in [2.75, 3.05) is 44.6 Å². The summed E-state index contributed by atoms with van der Waals surface area (Å²) in [5.74, 6) is -1.33. The maximum absolute atomic E-state index is 13.8. The number of carbonyl (C=O) groups is 2. The van der Waals surface area contributed by atoms with E-state index in [0.717, 1.165) is 39.1 Å². The highest BCUT2D eigenvalue weighted by Crippen LogP contribution is 2.14. The van der Waals surface area contributed by atoms with Gasteiger partial charge in [0.05, 0.1) is 5.56 Å². The largest absolute Gasteiger partial charge is 0.352 e. The Morgan fingerprint density at radius 2 is 2.00 bits per heavy atom. The molecule has 1 aliphatic rings. The van der Waals surface area contributed by atoms with Crippen LogP contribution in [0.4, 0.5) is 10.1 Å². The molecule has 0 aliphatic carbocycles. The fourth-order valence-electron chi connectivity index (χ4n) is 2.51. The lowest BCUT2D eigenvalue weighted by molar-refractivity contribution is -0.114. The minimum absolute atomic E-state index is 0. The lowest BCUT2D eigenvalue weighted by Gasteiger charge is -2.27. The predicted molar refractivity (Wildman–Crippen MR) is 94.2 cm³/mol. The molecule has 1 aliphatic heterocycles. The first-order valence-corrected chi connectivity index (χ1v) is 7.84. The molecule has 24 heavy (non-hydrogen) atoms. The van der Waals surface area contributed by atoms with Gasteiger partial charge in [0, 0.05) is 45.3 Å². The maximum Gasteiger partial charge on any atom is 0.254 e. The van der Waals surface area contributed by atoms with Gasteiger partial charge in [0.1, 0.15) is 5.82 Å². The number of hydrogen-bond acceptors (Lipinski definition) is 4. The van der Waals surface area contributed by atoms with E-state index in [1.165, 1.54) is 25.1 Å². The number of carbonyl (C=O) groups excluding carboxylic acids is 2. The number of benzene rings is 1. The van der Waals surface area contributed by atoms with Crippen molar-refractivity contribution in [3.8, 4) is 0 Å². The molecule has 2 amide bonds. The van der Waals surface area contributed by atoms with Crippen LogP contribution in [-0.2, 0) is 4.79 Å². The van der Waals surface area contributed by atoms with Crippen molar-refractivity contribution in [1.82, 2.24) is 15.5 Å². The second-order valence-corrected chi connectivity index (χ2v) is 5.58. The molecule has 0 bridgehead atoms. The minimum Gasteiger partial charge on any atom is -0.352 e. The van der Waals surface area contributed by atoms with E-state index in [4.69, 9.17) is 0 Å². The fraction of sp³-hybridized carbons (Fsp3) is 0.500. The minimum atomic E-state index is -0.598. The molecule has 0 spiro atoms. The monoisotopic (exact) mass is 358 g/mol. The van der Waals surface area contributed by atoms with Crippen LogP contribution in [0.1, 0.15) is 23.7 Å². The van der Waals surface area contributed by atoms with Crippen molar-refractivity contribution in [2.45, 2.75) is 13.3 Å². The van der Waals surface area contributed by atoms with Crippen molar-refractivity contribution < 1.29 is 14.0 Å². The molecule has 1 fully saturated rings. The molecule has 1 aromatic rings. The van der Waals surface area contributed by atoms with Crippen LogP contribution in [0.3, 0.4) is 0 Å². The Morgan fingerprint density at radius 1 is 1.29 bits per heavy atom. The zero-order chi connectivity index (χ0) is 16.7. The molecule has 0 unspecified atom stereocenters. The van der Waals surface area contributed by atoms with Crippen LogP contribution >= 0.6 is 12.4 Å². The molecule has 8 heteroatoms. The third-order valence-electron chi connectivity index (χ3n) is 3.68. The molecule has 0 saturated carbocycles. The van der Waals surface area contributed by atoms with Crippen LogP contribution in [0, 0.1) is 5.82 Å². The summed E-state index contributed by atoms with van der Waals surface area (Å²) < 4.78 is 13.8. The zero-order valence-corrected chi connectivity index (χ0v) is 14.5. The molecule has 134 valence electrons. The topological polar surface area (TPSA) is 73.5 Å². The number of piperazine rings is 1. The smallest absolute Gasteiger partial charge is 0.254 e. The SMILES string of the molecule is CC(=O)Nc1ccc(F)c(C(=O)NCCCN2CCNCC2)c1.Cl. The predicted octanol–water partition coefficient (Wildman–Crippen LogP) is 1.23. The number of nitrogens with zero attached hydrogens (tertiary/aromatic N) is 1. The van der Waals surface area contributed by atoms with E-state index in [9.17, 15) is 14.0 Å². The normalized spacial score (nSPS) is 14.6. The van der Waals surface area contributed by atoms with Crippen molar-refractivity contribution in [1.29, 1.82) is 0 Å². The first-order valence-electron chi connectivity index (χ1n) is 7.84. The number of halogens is 2. The van der Waals surface area contributed by atoms with Crippen molar-refractivity contribution in [3.63, 3.8) is 0 Å². The second-order valence-electron chi connectivity index (χ2n) is 5.58. The highest BCUT2D eigenvalue weighted by Gasteiger charge is 2.13. The van der Waals surface area contributed by atoms with Crippen molar-refractivity contribution in [2.24, 2.45) is 0 Å². The molecule has 0 atom stereocenters. The molecule has 6 nitrogen and oxygen atoms in total. The third kappa shape index (κ3) is 6.43. The highest BCUT2D eigenvalue weighted by atomic mass is 35.5. The van der Waals surface area contributed by atoms with Gasteiger partial charge in [-0.25, -0.2) is 4.39 Å². The molecule has 2 rings (SSSR count). The molecule has 1 saturated heterocycles. The number of amides is 2. The summed E-state index contributed by atoms with van der Waals surface area (Å²) in [6, 6.07) is 3.96. The third-order valence-corrected chi connectivity index (χ3v) is 3.68. The Bertz CT molecular complexity index is 565. The Labute approximate surface area is 147 Å². The van der Waals surface area contributed by atoms with E-state index in [2.05, 4.69) is 20.9 Å². The average molecular weight is 359 g/mol. The van der Waals surface area contributed by atoms with Gasteiger partial charge in [0.25, 0.3) is 5.91 Å².